The summed E-state index contributed by atoms with van der Waals surface area (Å²) < 4.78 is 16.0. The van der Waals surface area contributed by atoms with Crippen LogP contribution in [-0.2, 0) is 14.3 Å². The molecule has 1 amide bonds. The molecule has 148 valence electrons. The lowest BCUT2D eigenvalue weighted by Gasteiger charge is -2.08. The minimum absolute atomic E-state index is 0.321. The molecule has 0 saturated heterocycles. The maximum absolute atomic E-state index is 11.8. The number of esters is 1. The third-order valence-corrected chi connectivity index (χ3v) is 3.65. The van der Waals surface area contributed by atoms with E-state index in [0.717, 1.165) is 16.9 Å². The molecule has 0 aliphatic rings. The molecule has 0 aromatic heterocycles. The molecule has 2 rings (SSSR count). The molecule has 0 bridgehead atoms. The van der Waals surface area contributed by atoms with Gasteiger partial charge in [0, 0.05) is 11.6 Å². The first-order valence-electron chi connectivity index (χ1n) is 9.11. The zero-order chi connectivity index (χ0) is 20.2. The van der Waals surface area contributed by atoms with Crippen molar-refractivity contribution in [3.63, 3.8) is 0 Å². The first kappa shape index (κ1) is 21.0. The van der Waals surface area contributed by atoms with E-state index in [1.54, 1.807) is 6.08 Å². The number of aryl methyl sites for hydroxylation is 1. The van der Waals surface area contributed by atoms with Crippen LogP contribution in [0, 0.1) is 6.92 Å². The Kier molecular flexibility index (Phi) is 8.59. The fourth-order valence-electron chi connectivity index (χ4n) is 2.36. The number of hydrogen-bond donors (Lipinski definition) is 1. The first-order chi connectivity index (χ1) is 13.6. The van der Waals surface area contributed by atoms with E-state index >= 15 is 0 Å². The van der Waals surface area contributed by atoms with Crippen molar-refractivity contribution in [1.29, 1.82) is 0 Å². The summed E-state index contributed by atoms with van der Waals surface area (Å²) in [5.41, 5.74) is 1.87. The molecule has 6 nitrogen and oxygen atoms in total. The van der Waals surface area contributed by atoms with Gasteiger partial charge in [0.1, 0.15) is 18.1 Å². The summed E-state index contributed by atoms with van der Waals surface area (Å²) in [6.45, 7) is 4.70. The highest BCUT2D eigenvalue weighted by Gasteiger charge is 2.05. The number of amides is 1. The van der Waals surface area contributed by atoms with Crippen molar-refractivity contribution in [2.24, 2.45) is 0 Å². The lowest BCUT2D eigenvalue weighted by molar-refractivity contribution is -0.143. The summed E-state index contributed by atoms with van der Waals surface area (Å²) >= 11 is 0. The van der Waals surface area contributed by atoms with Crippen LogP contribution >= 0.6 is 0 Å². The van der Waals surface area contributed by atoms with Crippen molar-refractivity contribution in [1.82, 2.24) is 5.32 Å². The van der Waals surface area contributed by atoms with Crippen molar-refractivity contribution in [2.75, 3.05) is 26.4 Å². The monoisotopic (exact) mass is 383 g/mol. The summed E-state index contributed by atoms with van der Waals surface area (Å²) in [5.74, 6) is 0.445. The van der Waals surface area contributed by atoms with Crippen LogP contribution in [0.15, 0.2) is 54.6 Å². The maximum atomic E-state index is 11.8. The fourth-order valence-corrected chi connectivity index (χ4v) is 2.36. The molecule has 0 fully saturated rings. The van der Waals surface area contributed by atoms with Crippen LogP contribution in [0.2, 0.25) is 0 Å². The van der Waals surface area contributed by atoms with Crippen LogP contribution in [0.3, 0.4) is 0 Å². The number of ether oxygens (including phenoxy) is 3. The summed E-state index contributed by atoms with van der Waals surface area (Å²) in [6, 6.07) is 15.0. The van der Waals surface area contributed by atoms with E-state index in [2.05, 4.69) is 5.32 Å². The smallest absolute Gasteiger partial charge is 0.331 e. The Bertz CT molecular complexity index is 816. The molecule has 2 aromatic rings. The van der Waals surface area contributed by atoms with E-state index in [1.165, 1.54) is 6.08 Å². The third kappa shape index (κ3) is 7.53. The summed E-state index contributed by atoms with van der Waals surface area (Å²) in [5, 5.41) is 2.64. The van der Waals surface area contributed by atoms with Crippen molar-refractivity contribution < 1.29 is 23.8 Å². The molecule has 0 saturated carbocycles. The highest BCUT2D eigenvalue weighted by atomic mass is 16.5. The summed E-state index contributed by atoms with van der Waals surface area (Å²) in [4.78, 5) is 23.5. The van der Waals surface area contributed by atoms with E-state index in [4.69, 9.17) is 14.2 Å². The minimum Gasteiger partial charge on any atom is -0.493 e. The zero-order valence-corrected chi connectivity index (χ0v) is 16.1. The van der Waals surface area contributed by atoms with Crippen LogP contribution in [0.1, 0.15) is 18.1 Å². The van der Waals surface area contributed by atoms with Gasteiger partial charge < -0.3 is 19.5 Å². The van der Waals surface area contributed by atoms with Gasteiger partial charge in [0.05, 0.1) is 13.2 Å². The van der Waals surface area contributed by atoms with Crippen LogP contribution < -0.4 is 14.8 Å². The molecule has 0 aliphatic carbocycles. The molecular weight excluding hydrogens is 358 g/mol. The SMILES string of the molecule is CCOc1ccccc1/C=C/C(=O)OCC(=O)NCCOc1cccc(C)c1. The van der Waals surface area contributed by atoms with Gasteiger partial charge in [-0.25, -0.2) is 4.79 Å². The average molecular weight is 383 g/mol. The van der Waals surface area contributed by atoms with Gasteiger partial charge >= 0.3 is 5.97 Å². The van der Waals surface area contributed by atoms with Crippen LogP contribution in [-0.4, -0.2) is 38.2 Å². The second kappa shape index (κ2) is 11.4. The lowest BCUT2D eigenvalue weighted by atomic mass is 10.2. The molecule has 0 aliphatic heterocycles. The van der Waals surface area contributed by atoms with Gasteiger partial charge in [-0.15, -0.1) is 0 Å². The number of carbonyl (C=O) groups excluding carboxylic acids is 2. The van der Waals surface area contributed by atoms with Crippen LogP contribution in [0.25, 0.3) is 6.08 Å². The predicted molar refractivity (Wildman–Crippen MR) is 107 cm³/mol. The number of para-hydroxylation sites is 1. The van der Waals surface area contributed by atoms with Crippen molar-refractivity contribution in [2.45, 2.75) is 13.8 Å². The van der Waals surface area contributed by atoms with E-state index < -0.39 is 5.97 Å². The normalized spacial score (nSPS) is 10.5. The van der Waals surface area contributed by atoms with Gasteiger partial charge in [0.25, 0.3) is 5.91 Å². The number of carbonyl (C=O) groups is 2. The average Bonchev–Trinajstić information content (AvgIpc) is 2.69. The number of benzene rings is 2. The van der Waals surface area contributed by atoms with Gasteiger partial charge in [0.15, 0.2) is 6.61 Å². The van der Waals surface area contributed by atoms with E-state index in [1.807, 2.05) is 62.4 Å². The van der Waals surface area contributed by atoms with Gasteiger partial charge in [-0.2, -0.15) is 0 Å². The van der Waals surface area contributed by atoms with Crippen molar-refractivity contribution in [3.05, 3.63) is 65.7 Å². The summed E-state index contributed by atoms with van der Waals surface area (Å²) in [6.07, 6.45) is 2.87. The molecule has 0 atom stereocenters. The number of hydrogen-bond acceptors (Lipinski definition) is 5. The highest BCUT2D eigenvalue weighted by molar-refractivity contribution is 5.89. The van der Waals surface area contributed by atoms with Crippen LogP contribution in [0.5, 0.6) is 11.5 Å². The quantitative estimate of drug-likeness (QED) is 0.388. The Balaban J connectivity index is 1.67. The molecule has 28 heavy (non-hydrogen) atoms. The van der Waals surface area contributed by atoms with Gasteiger partial charge in [0.2, 0.25) is 0 Å². The topological polar surface area (TPSA) is 73.9 Å². The van der Waals surface area contributed by atoms with Gasteiger partial charge in [-0.05, 0) is 43.7 Å². The Morgan fingerprint density at radius 2 is 1.89 bits per heavy atom. The second-order valence-electron chi connectivity index (χ2n) is 5.93. The van der Waals surface area contributed by atoms with Gasteiger partial charge in [-0.1, -0.05) is 30.3 Å². The molecule has 0 unspecified atom stereocenters. The zero-order valence-electron chi connectivity index (χ0n) is 16.1. The molecule has 2 aromatic carbocycles. The first-order valence-corrected chi connectivity index (χ1v) is 9.11. The minimum atomic E-state index is -0.600. The maximum Gasteiger partial charge on any atom is 0.331 e. The fraction of sp³-hybridized carbons (Fsp3) is 0.273. The molecule has 6 heteroatoms. The molecule has 0 heterocycles. The van der Waals surface area contributed by atoms with Gasteiger partial charge in [-0.3, -0.25) is 4.79 Å². The largest absolute Gasteiger partial charge is 0.493 e. The Morgan fingerprint density at radius 1 is 1.07 bits per heavy atom. The molecule has 0 radical (unpaired) electrons. The van der Waals surface area contributed by atoms with E-state index in [9.17, 15) is 9.59 Å². The molecular formula is C22H25NO5. The van der Waals surface area contributed by atoms with Crippen molar-refractivity contribution in [3.8, 4) is 11.5 Å². The van der Waals surface area contributed by atoms with Crippen molar-refractivity contribution >= 4 is 18.0 Å². The predicted octanol–water partition coefficient (Wildman–Crippen LogP) is 3.15. The molecule has 0 spiro atoms. The number of nitrogens with one attached hydrogen (secondary N) is 1. The van der Waals surface area contributed by atoms with E-state index in [0.29, 0.717) is 25.5 Å². The van der Waals surface area contributed by atoms with Crippen LogP contribution in [0.4, 0.5) is 0 Å². The second-order valence-corrected chi connectivity index (χ2v) is 5.93. The summed E-state index contributed by atoms with van der Waals surface area (Å²) in [7, 11) is 0. The standard InChI is InChI=1S/C22H25NO5/c1-3-26-20-10-5-4-8-18(20)11-12-22(25)28-16-21(24)23-13-14-27-19-9-6-7-17(2)15-19/h4-12,15H,3,13-14,16H2,1-2H3,(H,23,24)/b12-11+. The molecule has 1 N–H and O–H groups in total. The Morgan fingerprint density at radius 3 is 2.68 bits per heavy atom. The third-order valence-electron chi connectivity index (χ3n) is 3.65. The van der Waals surface area contributed by atoms with E-state index in [-0.39, 0.29) is 12.5 Å². The number of rotatable bonds is 10. The lowest BCUT2D eigenvalue weighted by Crippen LogP contribution is -2.31. The Hall–Kier alpha value is -3.28. The Labute approximate surface area is 165 Å². The highest BCUT2D eigenvalue weighted by Crippen LogP contribution is 2.19.